The van der Waals surface area contributed by atoms with Crippen LogP contribution in [0.4, 0.5) is 11.4 Å². The number of unbranched alkanes of at least 4 members (excludes halogenated alkanes) is 2. The van der Waals surface area contributed by atoms with Gasteiger partial charge >= 0.3 is 0 Å². The summed E-state index contributed by atoms with van der Waals surface area (Å²) >= 11 is 0. The fraction of sp³-hybridized carbons (Fsp3) is 0.429. The third-order valence-electron chi connectivity index (χ3n) is 3.30. The van der Waals surface area contributed by atoms with Crippen LogP contribution >= 0.6 is 0 Å². The van der Waals surface area contributed by atoms with Crippen molar-refractivity contribution in [2.45, 2.75) is 32.2 Å². The summed E-state index contributed by atoms with van der Waals surface area (Å²) in [6, 6.07) is 6.56. The van der Waals surface area contributed by atoms with Crippen LogP contribution in [-0.4, -0.2) is 24.4 Å². The van der Waals surface area contributed by atoms with E-state index >= 15 is 0 Å². The maximum Gasteiger partial charge on any atom is 0.256 e. The average molecular weight is 261 g/mol. The quantitative estimate of drug-likeness (QED) is 0.623. The molecule has 3 N–H and O–H groups in total. The molecule has 5 nitrogen and oxygen atoms in total. The number of fused-ring (bicyclic) bond motifs is 1. The summed E-state index contributed by atoms with van der Waals surface area (Å²) in [5.41, 5.74) is 6.97. The number of amides is 2. The van der Waals surface area contributed by atoms with Crippen LogP contribution < -0.4 is 16.0 Å². The molecule has 2 rings (SSSR count). The zero-order valence-corrected chi connectivity index (χ0v) is 11.1. The zero-order valence-electron chi connectivity index (χ0n) is 11.1. The minimum Gasteiger partial charge on any atom is -0.367 e. The lowest BCUT2D eigenvalue weighted by Crippen LogP contribution is -2.55. The Kier molecular flexibility index (Phi) is 4.04. The van der Waals surface area contributed by atoms with Crippen molar-refractivity contribution >= 4 is 23.2 Å². The summed E-state index contributed by atoms with van der Waals surface area (Å²) in [5.74, 6) is -0.953. The monoisotopic (exact) mass is 261 g/mol. The summed E-state index contributed by atoms with van der Waals surface area (Å²) in [6.45, 7) is 2.77. The van der Waals surface area contributed by atoms with Crippen LogP contribution in [0, 0.1) is 0 Å². The Morgan fingerprint density at radius 3 is 2.79 bits per heavy atom. The van der Waals surface area contributed by atoms with E-state index in [1.807, 2.05) is 29.2 Å². The highest BCUT2D eigenvalue weighted by Crippen LogP contribution is 2.31. The number of rotatable bonds is 5. The average Bonchev–Trinajstić information content (AvgIpc) is 2.38. The topological polar surface area (TPSA) is 75.4 Å². The van der Waals surface area contributed by atoms with Gasteiger partial charge in [0.05, 0.1) is 11.4 Å². The molecule has 1 unspecified atom stereocenters. The van der Waals surface area contributed by atoms with Crippen LogP contribution in [-0.2, 0) is 9.59 Å². The van der Waals surface area contributed by atoms with E-state index in [0.717, 1.165) is 30.6 Å². The van der Waals surface area contributed by atoms with Gasteiger partial charge in [-0.1, -0.05) is 31.9 Å². The van der Waals surface area contributed by atoms with Crippen molar-refractivity contribution in [1.82, 2.24) is 0 Å². The van der Waals surface area contributed by atoms with Crippen molar-refractivity contribution in [2.75, 3.05) is 16.8 Å². The zero-order chi connectivity index (χ0) is 13.8. The number of hydrogen-bond donors (Lipinski definition) is 2. The first-order valence-corrected chi connectivity index (χ1v) is 6.61. The summed E-state index contributed by atoms with van der Waals surface area (Å²) in [4.78, 5) is 25.3. The Bertz CT molecular complexity index is 487. The van der Waals surface area contributed by atoms with E-state index in [1.54, 1.807) is 0 Å². The van der Waals surface area contributed by atoms with Crippen molar-refractivity contribution < 1.29 is 9.59 Å². The largest absolute Gasteiger partial charge is 0.367 e. The first kappa shape index (κ1) is 13.4. The third-order valence-corrected chi connectivity index (χ3v) is 3.30. The van der Waals surface area contributed by atoms with Crippen LogP contribution in [0.25, 0.3) is 0 Å². The van der Waals surface area contributed by atoms with Gasteiger partial charge < -0.3 is 16.0 Å². The molecule has 0 saturated heterocycles. The van der Waals surface area contributed by atoms with Gasteiger partial charge in [0.2, 0.25) is 5.91 Å². The molecule has 1 heterocycles. The second-order valence-corrected chi connectivity index (χ2v) is 4.71. The second-order valence-electron chi connectivity index (χ2n) is 4.71. The number of primary amides is 1. The van der Waals surface area contributed by atoms with E-state index in [2.05, 4.69) is 12.2 Å². The van der Waals surface area contributed by atoms with Crippen molar-refractivity contribution in [3.8, 4) is 0 Å². The molecule has 19 heavy (non-hydrogen) atoms. The Balaban J connectivity index is 2.30. The number of anilines is 2. The lowest BCUT2D eigenvalue weighted by molar-refractivity contribution is -0.127. The Morgan fingerprint density at radius 2 is 2.11 bits per heavy atom. The molecular formula is C14H19N3O2. The molecule has 0 bridgehead atoms. The smallest absolute Gasteiger partial charge is 0.256 e. The highest BCUT2D eigenvalue weighted by molar-refractivity contribution is 6.15. The third kappa shape index (κ3) is 2.70. The van der Waals surface area contributed by atoms with Gasteiger partial charge in [-0.2, -0.15) is 0 Å². The number of carbonyl (C=O) groups is 2. The number of carbonyl (C=O) groups excluding carboxylic acids is 2. The Labute approximate surface area is 112 Å². The van der Waals surface area contributed by atoms with Gasteiger partial charge in [0.15, 0.2) is 6.04 Å². The summed E-state index contributed by atoms with van der Waals surface area (Å²) in [7, 11) is 0. The minimum atomic E-state index is -0.910. The molecule has 2 amide bonds. The van der Waals surface area contributed by atoms with Gasteiger partial charge in [0.25, 0.3) is 5.91 Å². The molecule has 1 aromatic rings. The van der Waals surface area contributed by atoms with E-state index in [1.165, 1.54) is 0 Å². The van der Waals surface area contributed by atoms with Crippen LogP contribution in [0.1, 0.15) is 26.2 Å². The first-order valence-electron chi connectivity index (χ1n) is 6.61. The summed E-state index contributed by atoms with van der Waals surface area (Å²) < 4.78 is 0. The van der Waals surface area contributed by atoms with Crippen LogP contribution in [0.2, 0.25) is 0 Å². The van der Waals surface area contributed by atoms with Crippen LogP contribution in [0.3, 0.4) is 0 Å². The van der Waals surface area contributed by atoms with Gasteiger partial charge in [0, 0.05) is 6.54 Å². The standard InChI is InChI=1S/C14H19N3O2/c1-2-3-6-9-17-11-8-5-4-7-10(11)16-14(19)12(17)13(15)18/h4-5,7-8,12H,2-3,6,9H2,1H3,(H2,15,18)(H,16,19). The number of nitrogens with one attached hydrogen (secondary N) is 1. The molecular weight excluding hydrogens is 242 g/mol. The number of nitrogens with two attached hydrogens (primary N) is 1. The molecule has 102 valence electrons. The molecule has 1 aromatic carbocycles. The lowest BCUT2D eigenvalue weighted by atomic mass is 10.1. The van der Waals surface area contributed by atoms with E-state index in [9.17, 15) is 9.59 Å². The fourth-order valence-corrected chi connectivity index (χ4v) is 2.38. The highest BCUT2D eigenvalue weighted by Gasteiger charge is 2.36. The van der Waals surface area contributed by atoms with Gasteiger partial charge in [-0.15, -0.1) is 0 Å². The van der Waals surface area contributed by atoms with Gasteiger partial charge in [-0.25, -0.2) is 0 Å². The maximum atomic E-state index is 12.0. The van der Waals surface area contributed by atoms with E-state index < -0.39 is 11.9 Å². The molecule has 0 radical (unpaired) electrons. The molecule has 1 atom stereocenters. The molecule has 5 heteroatoms. The van der Waals surface area contributed by atoms with Crippen molar-refractivity contribution in [1.29, 1.82) is 0 Å². The minimum absolute atomic E-state index is 0.345. The van der Waals surface area contributed by atoms with E-state index in [4.69, 9.17) is 5.73 Å². The lowest BCUT2D eigenvalue weighted by Gasteiger charge is -2.36. The van der Waals surface area contributed by atoms with Gasteiger partial charge in [0.1, 0.15) is 0 Å². The predicted molar refractivity (Wildman–Crippen MR) is 74.9 cm³/mol. The molecule has 0 saturated carbocycles. The molecule has 1 aliphatic rings. The second kappa shape index (κ2) is 5.73. The highest BCUT2D eigenvalue weighted by atomic mass is 16.2. The summed E-state index contributed by atoms with van der Waals surface area (Å²) in [5, 5.41) is 2.73. The SMILES string of the molecule is CCCCCN1c2ccccc2NC(=O)C1C(N)=O. The van der Waals surface area contributed by atoms with E-state index in [0.29, 0.717) is 6.54 Å². The normalized spacial score (nSPS) is 17.8. The van der Waals surface area contributed by atoms with Crippen molar-refractivity contribution in [3.63, 3.8) is 0 Å². The van der Waals surface area contributed by atoms with E-state index in [-0.39, 0.29) is 5.91 Å². The van der Waals surface area contributed by atoms with Crippen LogP contribution in [0.15, 0.2) is 24.3 Å². The number of benzene rings is 1. The molecule has 0 fully saturated rings. The van der Waals surface area contributed by atoms with Gasteiger partial charge in [-0.05, 0) is 18.6 Å². The maximum absolute atomic E-state index is 12.0. The molecule has 0 aliphatic carbocycles. The predicted octanol–water partition coefficient (Wildman–Crippen LogP) is 1.49. The van der Waals surface area contributed by atoms with Crippen LogP contribution in [0.5, 0.6) is 0 Å². The molecule has 0 aromatic heterocycles. The number of hydrogen-bond acceptors (Lipinski definition) is 3. The Morgan fingerprint density at radius 1 is 1.37 bits per heavy atom. The summed E-state index contributed by atoms with van der Waals surface area (Å²) in [6.07, 6.45) is 3.08. The Hall–Kier alpha value is -2.04. The molecule has 0 spiro atoms. The fourth-order valence-electron chi connectivity index (χ4n) is 2.38. The van der Waals surface area contributed by atoms with Gasteiger partial charge in [-0.3, -0.25) is 9.59 Å². The first-order chi connectivity index (χ1) is 9.15. The van der Waals surface area contributed by atoms with Crippen molar-refractivity contribution in [3.05, 3.63) is 24.3 Å². The number of para-hydroxylation sites is 2. The molecule has 1 aliphatic heterocycles. The number of nitrogens with zero attached hydrogens (tertiary/aromatic N) is 1. The van der Waals surface area contributed by atoms with Crippen molar-refractivity contribution in [2.24, 2.45) is 5.73 Å².